The van der Waals surface area contributed by atoms with Crippen molar-refractivity contribution < 1.29 is 0 Å². The summed E-state index contributed by atoms with van der Waals surface area (Å²) in [4.78, 5) is 18.4. The van der Waals surface area contributed by atoms with Crippen molar-refractivity contribution in [1.29, 1.82) is 0 Å². The molecule has 15 heavy (non-hydrogen) atoms. The summed E-state index contributed by atoms with van der Waals surface area (Å²) in [7, 11) is 0. The lowest BCUT2D eigenvalue weighted by atomic mass is 9.97. The van der Waals surface area contributed by atoms with E-state index in [2.05, 4.69) is 23.8 Å². The van der Waals surface area contributed by atoms with Crippen molar-refractivity contribution >= 4 is 0 Å². The SMILES string of the molecule is CCC.Cc1nc2c(c(=O)[nH]1)CCCC2. The van der Waals surface area contributed by atoms with Gasteiger partial charge in [-0.15, -0.1) is 0 Å². The summed E-state index contributed by atoms with van der Waals surface area (Å²) in [6, 6.07) is 0. The zero-order chi connectivity index (χ0) is 11.3. The average Bonchev–Trinajstić information content (AvgIpc) is 2.18. The van der Waals surface area contributed by atoms with E-state index in [4.69, 9.17) is 0 Å². The first-order valence-corrected chi connectivity index (χ1v) is 5.77. The first kappa shape index (κ1) is 12.0. The smallest absolute Gasteiger partial charge is 0.254 e. The highest BCUT2D eigenvalue weighted by molar-refractivity contribution is 5.20. The fourth-order valence-corrected chi connectivity index (χ4v) is 1.73. The van der Waals surface area contributed by atoms with E-state index in [1.807, 2.05) is 6.92 Å². The Balaban J connectivity index is 0.000000337. The van der Waals surface area contributed by atoms with Crippen molar-refractivity contribution in [3.8, 4) is 0 Å². The lowest BCUT2D eigenvalue weighted by molar-refractivity contribution is 0.651. The summed E-state index contributed by atoms with van der Waals surface area (Å²) < 4.78 is 0. The predicted molar refractivity (Wildman–Crippen MR) is 62.2 cm³/mol. The van der Waals surface area contributed by atoms with Crippen molar-refractivity contribution in [2.75, 3.05) is 0 Å². The molecule has 1 aromatic heterocycles. The van der Waals surface area contributed by atoms with Crippen LogP contribution in [0.25, 0.3) is 0 Å². The van der Waals surface area contributed by atoms with Gasteiger partial charge in [-0.2, -0.15) is 0 Å². The van der Waals surface area contributed by atoms with Crippen molar-refractivity contribution in [2.24, 2.45) is 0 Å². The molecule has 1 aliphatic carbocycles. The van der Waals surface area contributed by atoms with Crippen LogP contribution in [-0.2, 0) is 12.8 Å². The monoisotopic (exact) mass is 208 g/mol. The van der Waals surface area contributed by atoms with Gasteiger partial charge >= 0.3 is 0 Å². The Hall–Kier alpha value is -1.12. The fraction of sp³-hybridized carbons (Fsp3) is 0.667. The van der Waals surface area contributed by atoms with Gasteiger partial charge in [0.25, 0.3) is 5.56 Å². The van der Waals surface area contributed by atoms with Gasteiger partial charge in [0.1, 0.15) is 5.82 Å². The molecule has 0 atom stereocenters. The van der Waals surface area contributed by atoms with Crippen LogP contribution in [0, 0.1) is 6.92 Å². The van der Waals surface area contributed by atoms with E-state index in [9.17, 15) is 4.79 Å². The second kappa shape index (κ2) is 5.69. The van der Waals surface area contributed by atoms with Crippen molar-refractivity contribution in [1.82, 2.24) is 9.97 Å². The number of aromatic nitrogens is 2. The van der Waals surface area contributed by atoms with Crippen LogP contribution in [0.2, 0.25) is 0 Å². The average molecular weight is 208 g/mol. The van der Waals surface area contributed by atoms with Gasteiger partial charge in [0.05, 0.1) is 5.69 Å². The molecule has 0 aromatic carbocycles. The van der Waals surface area contributed by atoms with E-state index in [0.29, 0.717) is 0 Å². The molecule has 3 heteroatoms. The third kappa shape index (κ3) is 3.18. The largest absolute Gasteiger partial charge is 0.311 e. The van der Waals surface area contributed by atoms with Gasteiger partial charge in [-0.25, -0.2) is 4.98 Å². The van der Waals surface area contributed by atoms with Gasteiger partial charge < -0.3 is 4.98 Å². The first-order chi connectivity index (χ1) is 7.19. The molecule has 1 heterocycles. The second-order valence-electron chi connectivity index (χ2n) is 3.99. The number of H-pyrrole nitrogens is 1. The van der Waals surface area contributed by atoms with Crippen LogP contribution in [0.4, 0.5) is 0 Å². The summed E-state index contributed by atoms with van der Waals surface area (Å²) in [6.45, 7) is 6.08. The molecule has 0 bridgehead atoms. The fourth-order valence-electron chi connectivity index (χ4n) is 1.73. The third-order valence-electron chi connectivity index (χ3n) is 2.31. The van der Waals surface area contributed by atoms with Gasteiger partial charge in [-0.1, -0.05) is 20.3 Å². The highest BCUT2D eigenvalue weighted by atomic mass is 16.1. The summed E-state index contributed by atoms with van der Waals surface area (Å²) in [5.74, 6) is 0.737. The minimum Gasteiger partial charge on any atom is -0.311 e. The van der Waals surface area contributed by atoms with E-state index in [-0.39, 0.29) is 5.56 Å². The molecule has 0 fully saturated rings. The summed E-state index contributed by atoms with van der Waals surface area (Å²) in [5, 5.41) is 0. The van der Waals surface area contributed by atoms with E-state index >= 15 is 0 Å². The molecule has 0 saturated heterocycles. The van der Waals surface area contributed by atoms with E-state index in [0.717, 1.165) is 36.3 Å². The number of nitrogens with zero attached hydrogens (tertiary/aromatic N) is 1. The van der Waals surface area contributed by atoms with Crippen molar-refractivity contribution in [2.45, 2.75) is 52.9 Å². The van der Waals surface area contributed by atoms with Crippen LogP contribution in [0.5, 0.6) is 0 Å². The van der Waals surface area contributed by atoms with Crippen LogP contribution in [0.1, 0.15) is 50.2 Å². The number of aromatic amines is 1. The molecule has 2 rings (SSSR count). The molecule has 1 aliphatic rings. The molecule has 0 saturated carbocycles. The minimum absolute atomic E-state index is 0.0669. The minimum atomic E-state index is 0.0669. The van der Waals surface area contributed by atoms with Crippen LogP contribution >= 0.6 is 0 Å². The molecule has 0 amide bonds. The molecular formula is C12H20N2O. The molecule has 0 spiro atoms. The topological polar surface area (TPSA) is 45.8 Å². The highest BCUT2D eigenvalue weighted by Gasteiger charge is 2.13. The van der Waals surface area contributed by atoms with Gasteiger partial charge in [0.2, 0.25) is 0 Å². The standard InChI is InChI=1S/C9H12N2O.C3H8/c1-6-10-8-5-3-2-4-7(8)9(12)11-6;1-3-2/h2-5H2,1H3,(H,10,11,12);3H2,1-2H3. The molecule has 0 radical (unpaired) electrons. The van der Waals surface area contributed by atoms with Crippen LogP contribution in [0.3, 0.4) is 0 Å². The Bertz CT molecular complexity index is 368. The van der Waals surface area contributed by atoms with Crippen molar-refractivity contribution in [3.05, 3.63) is 27.4 Å². The van der Waals surface area contributed by atoms with Crippen LogP contribution < -0.4 is 5.56 Å². The molecule has 3 nitrogen and oxygen atoms in total. The van der Waals surface area contributed by atoms with Crippen molar-refractivity contribution in [3.63, 3.8) is 0 Å². The highest BCUT2D eigenvalue weighted by Crippen LogP contribution is 2.14. The van der Waals surface area contributed by atoms with E-state index in [1.54, 1.807) is 0 Å². The first-order valence-electron chi connectivity index (χ1n) is 5.77. The zero-order valence-electron chi connectivity index (χ0n) is 9.89. The van der Waals surface area contributed by atoms with Gasteiger partial charge in [-0.3, -0.25) is 4.79 Å². The van der Waals surface area contributed by atoms with Gasteiger partial charge in [0.15, 0.2) is 0 Å². The summed E-state index contributed by atoms with van der Waals surface area (Å²) in [6.07, 6.45) is 5.42. The lowest BCUT2D eigenvalue weighted by Gasteiger charge is -2.13. The number of hydrogen-bond donors (Lipinski definition) is 1. The molecule has 0 unspecified atom stereocenters. The van der Waals surface area contributed by atoms with Crippen LogP contribution in [0.15, 0.2) is 4.79 Å². The molecular weight excluding hydrogens is 188 g/mol. The third-order valence-corrected chi connectivity index (χ3v) is 2.31. The van der Waals surface area contributed by atoms with Gasteiger partial charge in [-0.05, 0) is 32.6 Å². The normalized spacial score (nSPS) is 13.8. The molecule has 84 valence electrons. The van der Waals surface area contributed by atoms with Gasteiger partial charge in [0, 0.05) is 5.56 Å². The van der Waals surface area contributed by atoms with E-state index < -0.39 is 0 Å². The summed E-state index contributed by atoms with van der Waals surface area (Å²) in [5.41, 5.74) is 1.99. The maximum Gasteiger partial charge on any atom is 0.254 e. The zero-order valence-corrected chi connectivity index (χ0v) is 9.89. The Morgan fingerprint density at radius 2 is 1.87 bits per heavy atom. The number of fused-ring (bicyclic) bond motifs is 1. The molecule has 0 aliphatic heterocycles. The van der Waals surface area contributed by atoms with E-state index in [1.165, 1.54) is 12.8 Å². The Morgan fingerprint density at radius 3 is 2.53 bits per heavy atom. The molecule has 1 aromatic rings. The maximum absolute atomic E-state index is 11.4. The van der Waals surface area contributed by atoms with Crippen LogP contribution in [-0.4, -0.2) is 9.97 Å². The molecule has 1 N–H and O–H groups in total. The number of rotatable bonds is 0. The Kier molecular flexibility index (Phi) is 4.53. The predicted octanol–water partition coefficient (Wildman–Crippen LogP) is 2.37. The Labute approximate surface area is 91.0 Å². The Morgan fingerprint density at radius 1 is 1.27 bits per heavy atom. The summed E-state index contributed by atoms with van der Waals surface area (Å²) >= 11 is 0. The number of hydrogen-bond acceptors (Lipinski definition) is 2. The maximum atomic E-state index is 11.4. The lowest BCUT2D eigenvalue weighted by Crippen LogP contribution is -2.21. The number of nitrogens with one attached hydrogen (secondary N) is 1. The number of aryl methyl sites for hydroxylation is 2. The quantitative estimate of drug-likeness (QED) is 0.711. The second-order valence-corrected chi connectivity index (χ2v) is 3.99.